The van der Waals surface area contributed by atoms with Crippen LogP contribution in [0.15, 0.2) is 18.2 Å². The van der Waals surface area contributed by atoms with Gasteiger partial charge in [0.15, 0.2) is 0 Å². The predicted molar refractivity (Wildman–Crippen MR) is 66.4 cm³/mol. The van der Waals surface area contributed by atoms with Gasteiger partial charge >= 0.3 is 6.18 Å². The first kappa shape index (κ1) is 15.0. The number of benzene rings is 1. The monoisotopic (exact) mass is 260 g/mol. The molecule has 0 heterocycles. The minimum atomic E-state index is -4.18. The largest absolute Gasteiger partial charge is 0.401 e. The molecular formula is C13H19F3N2. The van der Waals surface area contributed by atoms with Gasteiger partial charge in [0.25, 0.3) is 0 Å². The van der Waals surface area contributed by atoms with E-state index in [2.05, 4.69) is 0 Å². The van der Waals surface area contributed by atoms with Gasteiger partial charge in [0.05, 0.1) is 6.54 Å². The molecule has 0 fully saturated rings. The SMILES string of the molecule is Cc1cc(C)cc(C(N)CN(C)CC(F)(F)F)c1. The summed E-state index contributed by atoms with van der Waals surface area (Å²) in [7, 11) is 1.43. The first-order chi connectivity index (χ1) is 8.17. The second-order valence-electron chi connectivity index (χ2n) is 4.84. The molecule has 1 unspecified atom stereocenters. The maximum Gasteiger partial charge on any atom is 0.401 e. The summed E-state index contributed by atoms with van der Waals surface area (Å²) in [5.41, 5.74) is 8.96. The van der Waals surface area contributed by atoms with E-state index in [0.29, 0.717) is 0 Å². The highest BCUT2D eigenvalue weighted by Gasteiger charge is 2.29. The molecule has 0 bridgehead atoms. The van der Waals surface area contributed by atoms with Gasteiger partial charge in [-0.05, 0) is 26.5 Å². The first-order valence-electron chi connectivity index (χ1n) is 5.76. The van der Waals surface area contributed by atoms with Gasteiger partial charge in [0, 0.05) is 12.6 Å². The number of likely N-dealkylation sites (N-methyl/N-ethyl adjacent to an activating group) is 1. The van der Waals surface area contributed by atoms with E-state index in [1.165, 1.54) is 11.9 Å². The van der Waals surface area contributed by atoms with E-state index in [-0.39, 0.29) is 6.54 Å². The minimum absolute atomic E-state index is 0.183. The quantitative estimate of drug-likeness (QED) is 0.902. The molecule has 0 aliphatic heterocycles. The van der Waals surface area contributed by atoms with Crippen LogP contribution in [0, 0.1) is 13.8 Å². The second-order valence-corrected chi connectivity index (χ2v) is 4.84. The van der Waals surface area contributed by atoms with Crippen LogP contribution in [0.25, 0.3) is 0 Å². The normalized spacial score (nSPS) is 14.0. The minimum Gasteiger partial charge on any atom is -0.323 e. The van der Waals surface area contributed by atoms with Crippen molar-refractivity contribution >= 4 is 0 Å². The summed E-state index contributed by atoms with van der Waals surface area (Å²) in [6, 6.07) is 5.43. The Labute approximate surface area is 106 Å². The van der Waals surface area contributed by atoms with Gasteiger partial charge in [-0.2, -0.15) is 13.2 Å². The Morgan fingerprint density at radius 1 is 1.17 bits per heavy atom. The number of nitrogens with zero attached hydrogens (tertiary/aromatic N) is 1. The van der Waals surface area contributed by atoms with Crippen molar-refractivity contribution in [2.24, 2.45) is 5.73 Å². The molecule has 0 radical (unpaired) electrons. The Kier molecular flexibility index (Phi) is 4.76. The molecule has 1 rings (SSSR count). The molecule has 0 aliphatic carbocycles. The fraction of sp³-hybridized carbons (Fsp3) is 0.538. The molecule has 0 amide bonds. The molecular weight excluding hydrogens is 241 g/mol. The maximum atomic E-state index is 12.2. The molecule has 1 aromatic rings. The number of nitrogens with two attached hydrogens (primary N) is 1. The summed E-state index contributed by atoms with van der Waals surface area (Å²) in [4.78, 5) is 1.20. The smallest absolute Gasteiger partial charge is 0.323 e. The van der Waals surface area contributed by atoms with Crippen molar-refractivity contribution in [1.29, 1.82) is 0 Å². The lowest BCUT2D eigenvalue weighted by molar-refractivity contribution is -0.143. The summed E-state index contributed by atoms with van der Waals surface area (Å²) in [5, 5.41) is 0. The van der Waals surface area contributed by atoms with E-state index in [1.54, 1.807) is 0 Å². The van der Waals surface area contributed by atoms with Gasteiger partial charge < -0.3 is 5.73 Å². The third kappa shape index (κ3) is 5.06. The summed E-state index contributed by atoms with van der Waals surface area (Å²) in [5.74, 6) is 0. The lowest BCUT2D eigenvalue weighted by Gasteiger charge is -2.23. The summed E-state index contributed by atoms with van der Waals surface area (Å²) < 4.78 is 36.6. The first-order valence-corrected chi connectivity index (χ1v) is 5.76. The number of rotatable bonds is 4. The molecule has 0 spiro atoms. The standard InChI is InChI=1S/C13H19F3N2/c1-9-4-10(2)6-11(5-9)12(17)7-18(3)8-13(14,15)16/h4-6,12H,7-8,17H2,1-3H3. The Bertz CT molecular complexity index is 381. The van der Waals surface area contributed by atoms with Crippen LogP contribution in [0.4, 0.5) is 13.2 Å². The molecule has 1 atom stereocenters. The fourth-order valence-corrected chi connectivity index (χ4v) is 2.04. The Morgan fingerprint density at radius 3 is 2.11 bits per heavy atom. The van der Waals surface area contributed by atoms with E-state index in [4.69, 9.17) is 5.73 Å². The van der Waals surface area contributed by atoms with Crippen LogP contribution >= 0.6 is 0 Å². The molecule has 18 heavy (non-hydrogen) atoms. The van der Waals surface area contributed by atoms with Gasteiger partial charge in [-0.25, -0.2) is 0 Å². The fourth-order valence-electron chi connectivity index (χ4n) is 2.04. The highest BCUT2D eigenvalue weighted by atomic mass is 19.4. The maximum absolute atomic E-state index is 12.2. The summed E-state index contributed by atoms with van der Waals surface area (Å²) in [6.07, 6.45) is -4.18. The van der Waals surface area contributed by atoms with Crippen LogP contribution in [0.3, 0.4) is 0 Å². The average Bonchev–Trinajstić information content (AvgIpc) is 2.12. The van der Waals surface area contributed by atoms with Crippen LogP contribution in [-0.4, -0.2) is 31.2 Å². The Hall–Kier alpha value is -1.07. The van der Waals surface area contributed by atoms with E-state index in [0.717, 1.165) is 16.7 Å². The Balaban J connectivity index is 2.67. The summed E-state index contributed by atoms with van der Waals surface area (Å²) >= 11 is 0. The van der Waals surface area contributed by atoms with Crippen LogP contribution in [0.5, 0.6) is 0 Å². The second kappa shape index (κ2) is 5.71. The topological polar surface area (TPSA) is 29.3 Å². The van der Waals surface area contributed by atoms with Crippen molar-refractivity contribution < 1.29 is 13.2 Å². The zero-order valence-corrected chi connectivity index (χ0v) is 10.9. The van der Waals surface area contributed by atoms with Crippen molar-refractivity contribution in [3.63, 3.8) is 0 Å². The third-order valence-electron chi connectivity index (χ3n) is 2.63. The Morgan fingerprint density at radius 2 is 1.67 bits per heavy atom. The molecule has 5 heteroatoms. The van der Waals surface area contributed by atoms with Crippen LogP contribution < -0.4 is 5.73 Å². The lowest BCUT2D eigenvalue weighted by Crippen LogP contribution is -2.36. The number of aryl methyl sites for hydroxylation is 2. The van der Waals surface area contributed by atoms with Gasteiger partial charge in [-0.15, -0.1) is 0 Å². The van der Waals surface area contributed by atoms with E-state index >= 15 is 0 Å². The predicted octanol–water partition coefficient (Wildman–Crippen LogP) is 2.80. The zero-order valence-electron chi connectivity index (χ0n) is 10.9. The number of alkyl halides is 3. The number of halogens is 3. The highest BCUT2D eigenvalue weighted by Crippen LogP contribution is 2.19. The van der Waals surface area contributed by atoms with E-state index in [9.17, 15) is 13.2 Å². The van der Waals surface area contributed by atoms with E-state index < -0.39 is 18.8 Å². The molecule has 0 saturated carbocycles. The van der Waals surface area contributed by atoms with Gasteiger partial charge in [0.1, 0.15) is 0 Å². The van der Waals surface area contributed by atoms with E-state index in [1.807, 2.05) is 32.0 Å². The van der Waals surface area contributed by atoms with Crippen molar-refractivity contribution in [1.82, 2.24) is 4.90 Å². The van der Waals surface area contributed by atoms with Crippen LogP contribution in [0.2, 0.25) is 0 Å². The third-order valence-corrected chi connectivity index (χ3v) is 2.63. The molecule has 1 aromatic carbocycles. The summed E-state index contributed by atoms with van der Waals surface area (Å²) in [6.45, 7) is 3.14. The zero-order chi connectivity index (χ0) is 13.9. The average molecular weight is 260 g/mol. The van der Waals surface area contributed by atoms with Crippen molar-refractivity contribution in [2.45, 2.75) is 26.1 Å². The van der Waals surface area contributed by atoms with Gasteiger partial charge in [0.2, 0.25) is 0 Å². The number of hydrogen-bond acceptors (Lipinski definition) is 2. The van der Waals surface area contributed by atoms with Crippen LogP contribution in [0.1, 0.15) is 22.7 Å². The van der Waals surface area contributed by atoms with Crippen LogP contribution in [-0.2, 0) is 0 Å². The molecule has 0 aromatic heterocycles. The van der Waals surface area contributed by atoms with Crippen molar-refractivity contribution in [2.75, 3.05) is 20.1 Å². The van der Waals surface area contributed by atoms with Crippen molar-refractivity contribution in [3.8, 4) is 0 Å². The van der Waals surface area contributed by atoms with Gasteiger partial charge in [-0.3, -0.25) is 4.90 Å². The van der Waals surface area contributed by atoms with Crippen molar-refractivity contribution in [3.05, 3.63) is 34.9 Å². The molecule has 0 saturated heterocycles. The molecule has 2 nitrogen and oxygen atoms in total. The number of hydrogen-bond donors (Lipinski definition) is 1. The molecule has 102 valence electrons. The van der Waals surface area contributed by atoms with Gasteiger partial charge in [-0.1, -0.05) is 29.3 Å². The highest BCUT2D eigenvalue weighted by molar-refractivity contribution is 5.30. The lowest BCUT2D eigenvalue weighted by atomic mass is 10.0. The molecule has 0 aliphatic rings. The molecule has 2 N–H and O–H groups in total.